The molecule has 25 heavy (non-hydrogen) atoms. The predicted molar refractivity (Wildman–Crippen MR) is 96.3 cm³/mol. The first-order valence-electron chi connectivity index (χ1n) is 8.86. The van der Waals surface area contributed by atoms with E-state index in [9.17, 15) is 14.4 Å². The summed E-state index contributed by atoms with van der Waals surface area (Å²) < 4.78 is 5.32. The van der Waals surface area contributed by atoms with E-state index in [-0.39, 0.29) is 31.1 Å². The van der Waals surface area contributed by atoms with Gasteiger partial charge in [-0.1, -0.05) is 13.3 Å². The fraction of sp³-hybridized carbons (Fsp3) is 0.611. The van der Waals surface area contributed by atoms with Gasteiger partial charge >= 0.3 is 11.9 Å². The van der Waals surface area contributed by atoms with E-state index in [1.54, 1.807) is 0 Å². The van der Waals surface area contributed by atoms with Crippen LogP contribution in [0.25, 0.3) is 0 Å². The molecule has 0 saturated carbocycles. The maximum atomic E-state index is 12.5. The summed E-state index contributed by atoms with van der Waals surface area (Å²) in [6.07, 6.45) is 6.11. The Bertz CT molecular complexity index is 638. The molecule has 1 aliphatic carbocycles. The summed E-state index contributed by atoms with van der Waals surface area (Å²) in [4.78, 5) is 36.3. The van der Waals surface area contributed by atoms with Crippen molar-refractivity contribution in [1.29, 1.82) is 0 Å². The minimum Gasteiger partial charge on any atom is -0.481 e. The van der Waals surface area contributed by atoms with Crippen LogP contribution in [0, 0.1) is 0 Å². The van der Waals surface area contributed by atoms with Crippen LogP contribution >= 0.6 is 11.3 Å². The van der Waals surface area contributed by atoms with Crippen molar-refractivity contribution in [3.63, 3.8) is 0 Å². The van der Waals surface area contributed by atoms with Gasteiger partial charge in [-0.3, -0.25) is 9.59 Å². The van der Waals surface area contributed by atoms with Crippen LogP contribution in [0.15, 0.2) is 0 Å². The first-order valence-corrected chi connectivity index (χ1v) is 9.67. The predicted octanol–water partition coefficient (Wildman–Crippen LogP) is 3.78. The number of nitrogens with one attached hydrogen (secondary N) is 1. The van der Waals surface area contributed by atoms with Crippen LogP contribution in [0.2, 0.25) is 0 Å². The number of amides is 1. The number of thiophene rings is 1. The van der Waals surface area contributed by atoms with Crippen molar-refractivity contribution in [1.82, 2.24) is 0 Å². The van der Waals surface area contributed by atoms with Gasteiger partial charge in [0.2, 0.25) is 5.91 Å². The zero-order valence-corrected chi connectivity index (χ0v) is 15.4. The molecule has 0 atom stereocenters. The van der Waals surface area contributed by atoms with Gasteiger partial charge in [-0.2, -0.15) is 0 Å². The van der Waals surface area contributed by atoms with E-state index in [0.717, 1.165) is 49.0 Å². The first kappa shape index (κ1) is 19.4. The number of rotatable bonds is 8. The Morgan fingerprint density at radius 3 is 2.64 bits per heavy atom. The second-order valence-electron chi connectivity index (χ2n) is 6.20. The molecule has 2 rings (SSSR count). The standard InChI is InChI=1S/C18H25NO5S/c1-2-11-24-18(23)16-12-7-4-3-5-8-13(12)25-17(16)19-14(20)9-6-10-15(21)22/h2-11H2,1H3,(H,19,20)(H,21,22). The second-order valence-corrected chi connectivity index (χ2v) is 7.31. The van der Waals surface area contributed by atoms with E-state index in [4.69, 9.17) is 9.84 Å². The lowest BCUT2D eigenvalue weighted by molar-refractivity contribution is -0.137. The molecule has 1 aliphatic rings. The first-order chi connectivity index (χ1) is 12.0. The van der Waals surface area contributed by atoms with E-state index < -0.39 is 5.97 Å². The van der Waals surface area contributed by atoms with Crippen LogP contribution in [0.5, 0.6) is 0 Å². The Labute approximate surface area is 151 Å². The molecular weight excluding hydrogens is 342 g/mol. The van der Waals surface area contributed by atoms with Crippen LogP contribution in [0.4, 0.5) is 5.00 Å². The number of carboxylic acid groups (broad SMARTS) is 1. The highest BCUT2D eigenvalue weighted by molar-refractivity contribution is 7.17. The SMILES string of the molecule is CCCOC(=O)c1c(NC(=O)CCCC(=O)O)sc2c1CCCCC2. The van der Waals surface area contributed by atoms with Crippen molar-refractivity contribution in [3.05, 3.63) is 16.0 Å². The molecule has 0 fully saturated rings. The van der Waals surface area contributed by atoms with Crippen molar-refractivity contribution < 1.29 is 24.2 Å². The summed E-state index contributed by atoms with van der Waals surface area (Å²) in [5.74, 6) is -1.55. The lowest BCUT2D eigenvalue weighted by Crippen LogP contribution is -2.15. The molecular formula is C18H25NO5S. The molecule has 138 valence electrons. The zero-order valence-electron chi connectivity index (χ0n) is 14.6. The van der Waals surface area contributed by atoms with Crippen molar-refractivity contribution in [2.75, 3.05) is 11.9 Å². The number of fused-ring (bicyclic) bond motifs is 1. The topological polar surface area (TPSA) is 92.7 Å². The second kappa shape index (κ2) is 9.56. The molecule has 0 saturated heterocycles. The lowest BCUT2D eigenvalue weighted by Gasteiger charge is -2.09. The van der Waals surface area contributed by atoms with Crippen molar-refractivity contribution >= 4 is 34.2 Å². The van der Waals surface area contributed by atoms with Gasteiger partial charge < -0.3 is 15.2 Å². The van der Waals surface area contributed by atoms with Crippen LogP contribution in [0.3, 0.4) is 0 Å². The maximum Gasteiger partial charge on any atom is 0.341 e. The number of anilines is 1. The molecule has 1 aromatic heterocycles. The number of aryl methyl sites for hydroxylation is 1. The molecule has 0 aromatic carbocycles. The third-order valence-corrected chi connectivity index (χ3v) is 5.32. The Morgan fingerprint density at radius 1 is 1.16 bits per heavy atom. The van der Waals surface area contributed by atoms with Gasteiger partial charge in [-0.05, 0) is 44.1 Å². The molecule has 0 radical (unpaired) electrons. The number of carboxylic acids is 1. The average Bonchev–Trinajstić information content (AvgIpc) is 2.73. The summed E-state index contributed by atoms with van der Waals surface area (Å²) in [5.41, 5.74) is 1.52. The Balaban J connectivity index is 2.16. The normalized spacial score (nSPS) is 13.6. The van der Waals surface area contributed by atoms with Crippen LogP contribution < -0.4 is 5.32 Å². The van der Waals surface area contributed by atoms with E-state index >= 15 is 0 Å². The quantitative estimate of drug-likeness (QED) is 0.539. The molecule has 1 amide bonds. The van der Waals surface area contributed by atoms with Gasteiger partial charge in [0.15, 0.2) is 0 Å². The van der Waals surface area contributed by atoms with Crippen LogP contribution in [-0.2, 0) is 27.2 Å². The number of ether oxygens (including phenoxy) is 1. The van der Waals surface area contributed by atoms with Crippen molar-refractivity contribution in [2.45, 2.75) is 64.7 Å². The fourth-order valence-corrected chi connectivity index (χ4v) is 4.20. The number of carbonyl (C=O) groups excluding carboxylic acids is 2. The maximum absolute atomic E-state index is 12.5. The lowest BCUT2D eigenvalue weighted by atomic mass is 10.1. The fourth-order valence-electron chi connectivity index (χ4n) is 2.90. The Kier molecular flexibility index (Phi) is 7.43. The van der Waals surface area contributed by atoms with Gasteiger partial charge in [0.25, 0.3) is 0 Å². The number of hydrogen-bond acceptors (Lipinski definition) is 5. The highest BCUT2D eigenvalue weighted by Crippen LogP contribution is 2.38. The molecule has 0 unspecified atom stereocenters. The van der Waals surface area contributed by atoms with Gasteiger partial charge in [0.1, 0.15) is 5.00 Å². The molecule has 6 nitrogen and oxygen atoms in total. The smallest absolute Gasteiger partial charge is 0.341 e. The van der Waals surface area contributed by atoms with Gasteiger partial charge in [-0.25, -0.2) is 4.79 Å². The van der Waals surface area contributed by atoms with E-state index in [1.807, 2.05) is 6.92 Å². The van der Waals surface area contributed by atoms with E-state index in [1.165, 1.54) is 11.3 Å². The monoisotopic (exact) mass is 367 g/mol. The Morgan fingerprint density at radius 2 is 1.92 bits per heavy atom. The summed E-state index contributed by atoms with van der Waals surface area (Å²) in [5, 5.41) is 12.0. The molecule has 7 heteroatoms. The van der Waals surface area contributed by atoms with Crippen molar-refractivity contribution in [2.24, 2.45) is 0 Å². The number of aliphatic carboxylic acids is 1. The van der Waals surface area contributed by atoms with E-state index in [2.05, 4.69) is 5.32 Å². The summed E-state index contributed by atoms with van der Waals surface area (Å²) in [6, 6.07) is 0. The van der Waals surface area contributed by atoms with Crippen LogP contribution in [0.1, 0.15) is 72.7 Å². The largest absolute Gasteiger partial charge is 0.481 e. The molecule has 0 aliphatic heterocycles. The Hall–Kier alpha value is -1.89. The molecule has 1 aromatic rings. The third-order valence-electron chi connectivity index (χ3n) is 4.11. The minimum absolute atomic E-state index is 0.0419. The summed E-state index contributed by atoms with van der Waals surface area (Å²) in [6.45, 7) is 2.29. The third kappa shape index (κ3) is 5.56. The van der Waals surface area contributed by atoms with Gasteiger partial charge in [0, 0.05) is 17.7 Å². The summed E-state index contributed by atoms with van der Waals surface area (Å²) >= 11 is 1.46. The number of carbonyl (C=O) groups is 3. The minimum atomic E-state index is -0.917. The molecule has 2 N–H and O–H groups in total. The molecule has 1 heterocycles. The molecule has 0 bridgehead atoms. The highest BCUT2D eigenvalue weighted by atomic mass is 32.1. The number of hydrogen-bond donors (Lipinski definition) is 2. The van der Waals surface area contributed by atoms with E-state index in [0.29, 0.717) is 17.2 Å². The molecule has 0 spiro atoms. The van der Waals surface area contributed by atoms with Crippen molar-refractivity contribution in [3.8, 4) is 0 Å². The average molecular weight is 367 g/mol. The van der Waals surface area contributed by atoms with Gasteiger partial charge in [0.05, 0.1) is 12.2 Å². The van der Waals surface area contributed by atoms with Crippen LogP contribution in [-0.4, -0.2) is 29.6 Å². The highest BCUT2D eigenvalue weighted by Gasteiger charge is 2.26. The summed E-state index contributed by atoms with van der Waals surface area (Å²) in [7, 11) is 0. The van der Waals surface area contributed by atoms with Gasteiger partial charge in [-0.15, -0.1) is 11.3 Å². The zero-order chi connectivity index (χ0) is 18.2. The number of esters is 1.